The number of aliphatic hydroxyl groups is 2. The van der Waals surface area contributed by atoms with Gasteiger partial charge in [-0.15, -0.1) is 0 Å². The third-order valence-corrected chi connectivity index (χ3v) is 8.82. The molecule has 3 aliphatic carbocycles. The van der Waals surface area contributed by atoms with Crippen molar-refractivity contribution in [1.82, 2.24) is 0 Å². The molecule has 4 heteroatoms. The summed E-state index contributed by atoms with van der Waals surface area (Å²) in [6, 6.07) is 0. The van der Waals surface area contributed by atoms with E-state index in [-0.39, 0.29) is 29.3 Å². The molecule has 0 bridgehead atoms. The fourth-order valence-electron chi connectivity index (χ4n) is 7.36. The Bertz CT molecular complexity index is 534. The van der Waals surface area contributed by atoms with E-state index in [2.05, 4.69) is 27.7 Å². The van der Waals surface area contributed by atoms with Crippen LogP contribution in [0.2, 0.25) is 0 Å². The summed E-state index contributed by atoms with van der Waals surface area (Å²) in [4.78, 5) is 12.6. The van der Waals surface area contributed by atoms with Crippen LogP contribution in [-0.4, -0.2) is 36.0 Å². The highest BCUT2D eigenvalue weighted by Gasteiger charge is 2.65. The summed E-state index contributed by atoms with van der Waals surface area (Å²) in [7, 11) is 1.50. The third kappa shape index (κ3) is 2.50. The van der Waals surface area contributed by atoms with Crippen molar-refractivity contribution in [3.63, 3.8) is 0 Å². The molecule has 0 aliphatic heterocycles. The van der Waals surface area contributed by atoms with Gasteiger partial charge in [0, 0.05) is 12.5 Å². The average molecular weight is 353 g/mol. The Morgan fingerprint density at radius 1 is 1.12 bits per heavy atom. The molecule has 0 aromatic heterocycles. The van der Waals surface area contributed by atoms with E-state index >= 15 is 0 Å². The number of ether oxygens (including phenoxy) is 1. The van der Waals surface area contributed by atoms with Gasteiger partial charge in [0.15, 0.2) is 0 Å². The molecule has 0 saturated heterocycles. The zero-order valence-corrected chi connectivity index (χ0v) is 16.5. The van der Waals surface area contributed by atoms with Gasteiger partial charge in [0.25, 0.3) is 0 Å². The number of hydrogen-bond acceptors (Lipinski definition) is 4. The molecule has 8 atom stereocenters. The monoisotopic (exact) mass is 352 g/mol. The second kappa shape index (κ2) is 6.23. The van der Waals surface area contributed by atoms with Gasteiger partial charge in [0.1, 0.15) is 0 Å². The number of carbonyl (C=O) groups is 1. The second-order valence-corrected chi connectivity index (χ2v) is 9.92. The Kier molecular flexibility index (Phi) is 4.77. The molecular weight excluding hydrogens is 316 g/mol. The van der Waals surface area contributed by atoms with Crippen molar-refractivity contribution < 1.29 is 19.7 Å². The zero-order chi connectivity index (χ0) is 18.6. The summed E-state index contributed by atoms with van der Waals surface area (Å²) in [5, 5.41) is 20.9. The molecule has 0 radical (unpaired) electrons. The molecule has 25 heavy (non-hydrogen) atoms. The van der Waals surface area contributed by atoms with Gasteiger partial charge < -0.3 is 14.9 Å². The van der Waals surface area contributed by atoms with Crippen LogP contribution in [0.15, 0.2) is 0 Å². The molecule has 144 valence electrons. The standard InChI is InChI=1S/C21H36O4/c1-13-11-16-19(2)8-6-9-21(4,18(24)25-5)15(19)7-10-20(16,3)17(23)14(13)12-22/h13-17,22-23H,6-12H2,1-5H3/t13-,14+,15-,16-,17+,19+,20-,21+/m0/s1. The van der Waals surface area contributed by atoms with Crippen LogP contribution in [0, 0.1) is 39.9 Å². The van der Waals surface area contributed by atoms with Crippen molar-refractivity contribution in [2.45, 2.75) is 72.3 Å². The van der Waals surface area contributed by atoms with E-state index in [0.29, 0.717) is 17.8 Å². The normalized spacial score (nSPS) is 52.8. The van der Waals surface area contributed by atoms with E-state index in [0.717, 1.165) is 38.5 Å². The van der Waals surface area contributed by atoms with Gasteiger partial charge in [-0.05, 0) is 67.6 Å². The predicted octanol–water partition coefficient (Wildman–Crippen LogP) is 3.40. The molecular formula is C21H36O4. The van der Waals surface area contributed by atoms with E-state index in [4.69, 9.17) is 4.74 Å². The van der Waals surface area contributed by atoms with Crippen molar-refractivity contribution in [3.05, 3.63) is 0 Å². The lowest BCUT2D eigenvalue weighted by Gasteiger charge is -2.66. The number of hydrogen-bond donors (Lipinski definition) is 2. The van der Waals surface area contributed by atoms with E-state index in [1.54, 1.807) is 0 Å². The smallest absolute Gasteiger partial charge is 0.311 e. The molecule has 0 amide bonds. The highest BCUT2D eigenvalue weighted by atomic mass is 16.5. The summed E-state index contributed by atoms with van der Waals surface area (Å²) in [6.07, 6.45) is 5.51. The number of fused-ring (bicyclic) bond motifs is 3. The van der Waals surface area contributed by atoms with Gasteiger partial charge in [-0.2, -0.15) is 0 Å². The summed E-state index contributed by atoms with van der Waals surface area (Å²) in [6.45, 7) is 8.91. The Morgan fingerprint density at radius 3 is 2.40 bits per heavy atom. The van der Waals surface area contributed by atoms with E-state index < -0.39 is 11.5 Å². The van der Waals surface area contributed by atoms with Gasteiger partial charge in [0.05, 0.1) is 18.6 Å². The SMILES string of the molecule is COC(=O)[C@]1(C)CCC[C@@]2(C)[C@@H]3C[C@H](C)[C@@H](CO)[C@@H](O)[C@@]3(C)CC[C@@H]21. The van der Waals surface area contributed by atoms with Crippen LogP contribution in [-0.2, 0) is 9.53 Å². The maximum Gasteiger partial charge on any atom is 0.311 e. The van der Waals surface area contributed by atoms with Crippen molar-refractivity contribution in [1.29, 1.82) is 0 Å². The Balaban J connectivity index is 2.01. The zero-order valence-electron chi connectivity index (χ0n) is 16.5. The average Bonchev–Trinajstić information content (AvgIpc) is 2.57. The number of methoxy groups -OCH3 is 1. The summed E-state index contributed by atoms with van der Waals surface area (Å²) in [5.41, 5.74) is -0.533. The van der Waals surface area contributed by atoms with Crippen LogP contribution < -0.4 is 0 Å². The molecule has 0 unspecified atom stereocenters. The van der Waals surface area contributed by atoms with Gasteiger partial charge in [-0.1, -0.05) is 27.2 Å². The first-order valence-corrected chi connectivity index (χ1v) is 10.0. The Morgan fingerprint density at radius 2 is 1.80 bits per heavy atom. The molecule has 2 N–H and O–H groups in total. The van der Waals surface area contributed by atoms with Gasteiger partial charge in [0.2, 0.25) is 0 Å². The highest BCUT2D eigenvalue weighted by Crippen LogP contribution is 2.68. The molecule has 3 saturated carbocycles. The van der Waals surface area contributed by atoms with Crippen LogP contribution in [0.5, 0.6) is 0 Å². The molecule has 0 heterocycles. The van der Waals surface area contributed by atoms with Crippen LogP contribution in [0.25, 0.3) is 0 Å². The molecule has 0 aromatic rings. The van der Waals surface area contributed by atoms with Gasteiger partial charge in [-0.25, -0.2) is 0 Å². The summed E-state index contributed by atoms with van der Waals surface area (Å²) in [5.74, 6) is 0.904. The third-order valence-electron chi connectivity index (χ3n) is 8.82. The first kappa shape index (κ1) is 19.2. The summed E-state index contributed by atoms with van der Waals surface area (Å²) < 4.78 is 5.20. The van der Waals surface area contributed by atoms with Gasteiger partial charge in [-0.3, -0.25) is 4.79 Å². The predicted molar refractivity (Wildman–Crippen MR) is 96.8 cm³/mol. The van der Waals surface area contributed by atoms with Gasteiger partial charge >= 0.3 is 5.97 Å². The molecule has 4 nitrogen and oxygen atoms in total. The Hall–Kier alpha value is -0.610. The first-order valence-electron chi connectivity index (χ1n) is 10.0. The quantitative estimate of drug-likeness (QED) is 0.748. The van der Waals surface area contributed by atoms with E-state index in [1.807, 2.05) is 0 Å². The molecule has 0 aromatic carbocycles. The highest BCUT2D eigenvalue weighted by molar-refractivity contribution is 5.77. The second-order valence-electron chi connectivity index (χ2n) is 9.92. The van der Waals surface area contributed by atoms with Crippen LogP contribution in [0.1, 0.15) is 66.2 Å². The number of carbonyl (C=O) groups excluding carboxylic acids is 1. The lowest BCUT2D eigenvalue weighted by atomic mass is 9.39. The van der Waals surface area contributed by atoms with Crippen molar-refractivity contribution in [2.75, 3.05) is 13.7 Å². The summed E-state index contributed by atoms with van der Waals surface area (Å²) >= 11 is 0. The lowest BCUT2D eigenvalue weighted by molar-refractivity contribution is -0.218. The van der Waals surface area contributed by atoms with E-state index in [9.17, 15) is 15.0 Å². The minimum Gasteiger partial charge on any atom is -0.469 e. The molecule has 3 aliphatic rings. The van der Waals surface area contributed by atoms with Crippen molar-refractivity contribution in [2.24, 2.45) is 39.9 Å². The fourth-order valence-corrected chi connectivity index (χ4v) is 7.36. The minimum absolute atomic E-state index is 0.0306. The number of rotatable bonds is 2. The van der Waals surface area contributed by atoms with Crippen LogP contribution in [0.3, 0.4) is 0 Å². The fraction of sp³-hybridized carbons (Fsp3) is 0.952. The van der Waals surface area contributed by atoms with Crippen molar-refractivity contribution >= 4 is 5.97 Å². The number of esters is 1. The molecule has 0 spiro atoms. The minimum atomic E-state index is -0.463. The van der Waals surface area contributed by atoms with Crippen LogP contribution >= 0.6 is 0 Å². The maximum atomic E-state index is 12.6. The molecule has 3 fully saturated rings. The van der Waals surface area contributed by atoms with Crippen LogP contribution in [0.4, 0.5) is 0 Å². The Labute approximate surface area is 152 Å². The number of aliphatic hydroxyl groups excluding tert-OH is 2. The maximum absolute atomic E-state index is 12.6. The molecule has 3 rings (SSSR count). The van der Waals surface area contributed by atoms with Crippen molar-refractivity contribution in [3.8, 4) is 0 Å². The topological polar surface area (TPSA) is 66.8 Å². The lowest BCUT2D eigenvalue weighted by Crippen LogP contribution is -2.64. The van der Waals surface area contributed by atoms with E-state index in [1.165, 1.54) is 7.11 Å². The first-order chi connectivity index (χ1) is 11.6. The largest absolute Gasteiger partial charge is 0.469 e.